The molecule has 3 aromatic rings. The van der Waals surface area contributed by atoms with Crippen LogP contribution in [0.1, 0.15) is 11.1 Å². The van der Waals surface area contributed by atoms with E-state index in [1.807, 2.05) is 48.5 Å². The van der Waals surface area contributed by atoms with Crippen molar-refractivity contribution in [2.24, 2.45) is 0 Å². The van der Waals surface area contributed by atoms with E-state index in [2.05, 4.69) is 9.97 Å². The first-order valence-corrected chi connectivity index (χ1v) is 7.28. The maximum absolute atomic E-state index is 12.5. The van der Waals surface area contributed by atoms with Crippen molar-refractivity contribution in [2.45, 2.75) is 6.42 Å². The zero-order valence-electron chi connectivity index (χ0n) is 12.5. The number of fused-ring (bicyclic) bond motifs is 2. The molecule has 1 aromatic heterocycles. The second-order valence-corrected chi connectivity index (χ2v) is 5.29. The Morgan fingerprint density at radius 3 is 2.78 bits per heavy atom. The van der Waals surface area contributed by atoms with Crippen LogP contribution in [0.3, 0.4) is 0 Å². The van der Waals surface area contributed by atoms with Gasteiger partial charge >= 0.3 is 0 Å². The quantitative estimate of drug-likeness (QED) is 0.618. The van der Waals surface area contributed by atoms with Gasteiger partial charge in [0.25, 0.3) is 5.56 Å². The first-order chi connectivity index (χ1) is 11.3. The van der Waals surface area contributed by atoms with Crippen LogP contribution in [-0.2, 0) is 6.42 Å². The van der Waals surface area contributed by atoms with Gasteiger partial charge < -0.3 is 14.5 Å². The van der Waals surface area contributed by atoms with Crippen molar-refractivity contribution >= 4 is 0 Å². The van der Waals surface area contributed by atoms with Gasteiger partial charge in [-0.25, -0.2) is 0 Å². The van der Waals surface area contributed by atoms with E-state index < -0.39 is 0 Å². The Bertz CT molecular complexity index is 947. The van der Waals surface area contributed by atoms with Crippen LogP contribution in [0.15, 0.2) is 53.3 Å². The van der Waals surface area contributed by atoms with Crippen molar-refractivity contribution in [3.8, 4) is 28.8 Å². The van der Waals surface area contributed by atoms with E-state index >= 15 is 0 Å². The molecule has 0 amide bonds. The third kappa shape index (κ3) is 2.26. The monoisotopic (exact) mass is 306 g/mol. The second-order valence-electron chi connectivity index (χ2n) is 5.29. The fraction of sp³-hybridized carbons (Fsp3) is 0.111. The average Bonchev–Trinajstić information content (AvgIpc) is 2.60. The van der Waals surface area contributed by atoms with Crippen LogP contribution >= 0.6 is 0 Å². The van der Waals surface area contributed by atoms with Gasteiger partial charge in [0.05, 0.1) is 18.2 Å². The lowest BCUT2D eigenvalue weighted by atomic mass is 10.0. The number of rotatable bonds is 2. The van der Waals surface area contributed by atoms with Gasteiger partial charge in [0.1, 0.15) is 17.3 Å². The van der Waals surface area contributed by atoms with Gasteiger partial charge in [-0.3, -0.25) is 4.79 Å². The fourth-order valence-corrected chi connectivity index (χ4v) is 2.73. The summed E-state index contributed by atoms with van der Waals surface area (Å²) in [4.78, 5) is 19.8. The van der Waals surface area contributed by atoms with E-state index in [9.17, 15) is 4.79 Å². The summed E-state index contributed by atoms with van der Waals surface area (Å²) in [5, 5.41) is 0. The highest BCUT2D eigenvalue weighted by Gasteiger charge is 2.22. The van der Waals surface area contributed by atoms with E-state index in [4.69, 9.17) is 9.47 Å². The summed E-state index contributed by atoms with van der Waals surface area (Å²) in [7, 11) is 1.59. The number of ether oxygens (including phenoxy) is 2. The highest BCUT2D eigenvalue weighted by molar-refractivity contribution is 5.64. The summed E-state index contributed by atoms with van der Waals surface area (Å²) >= 11 is 0. The number of benzene rings is 2. The number of H-pyrrole nitrogens is 1. The molecule has 1 aliphatic heterocycles. The van der Waals surface area contributed by atoms with Crippen molar-refractivity contribution in [1.29, 1.82) is 0 Å². The Hall–Kier alpha value is -3.08. The largest absolute Gasteiger partial charge is 0.496 e. The van der Waals surface area contributed by atoms with Crippen LogP contribution in [0.2, 0.25) is 0 Å². The number of para-hydroxylation sites is 2. The zero-order valence-corrected chi connectivity index (χ0v) is 12.5. The molecule has 0 radical (unpaired) electrons. The summed E-state index contributed by atoms with van der Waals surface area (Å²) in [6.07, 6.45) is 0.514. The number of hydrogen-bond acceptors (Lipinski definition) is 4. The number of aromatic amines is 1. The molecule has 0 unspecified atom stereocenters. The Morgan fingerprint density at radius 1 is 1.13 bits per heavy atom. The van der Waals surface area contributed by atoms with Crippen molar-refractivity contribution in [3.05, 3.63) is 70.0 Å². The molecule has 2 heterocycles. The summed E-state index contributed by atoms with van der Waals surface area (Å²) in [6, 6.07) is 15.1. The molecule has 0 spiro atoms. The Morgan fingerprint density at radius 2 is 1.91 bits per heavy atom. The predicted molar refractivity (Wildman–Crippen MR) is 86.2 cm³/mol. The highest BCUT2D eigenvalue weighted by Crippen LogP contribution is 2.35. The third-order valence-corrected chi connectivity index (χ3v) is 3.89. The first-order valence-electron chi connectivity index (χ1n) is 7.28. The second kappa shape index (κ2) is 5.28. The number of methoxy groups -OCH3 is 1. The third-order valence-electron chi connectivity index (χ3n) is 3.89. The molecule has 0 bridgehead atoms. The lowest BCUT2D eigenvalue weighted by molar-refractivity contribution is 0.415. The Labute approximate surface area is 132 Å². The summed E-state index contributed by atoms with van der Waals surface area (Å²) in [6.45, 7) is 0. The molecule has 4 rings (SSSR count). The SMILES string of the molecule is COc1ccccc1-c1nc2c(c(=O)[nH]1)Cc1ccccc1O2. The topological polar surface area (TPSA) is 64.2 Å². The van der Waals surface area contributed by atoms with Gasteiger partial charge in [-0.15, -0.1) is 0 Å². The molecule has 114 valence electrons. The van der Waals surface area contributed by atoms with Gasteiger partial charge in [-0.2, -0.15) is 4.98 Å². The summed E-state index contributed by atoms with van der Waals surface area (Å²) in [5.41, 5.74) is 2.06. The lowest BCUT2D eigenvalue weighted by Crippen LogP contribution is -2.20. The van der Waals surface area contributed by atoms with Crippen LogP contribution in [-0.4, -0.2) is 17.1 Å². The highest BCUT2D eigenvalue weighted by atomic mass is 16.5. The van der Waals surface area contributed by atoms with Crippen molar-refractivity contribution in [3.63, 3.8) is 0 Å². The van der Waals surface area contributed by atoms with Crippen molar-refractivity contribution in [2.75, 3.05) is 7.11 Å². The first kappa shape index (κ1) is 13.6. The molecule has 0 atom stereocenters. The number of aromatic nitrogens is 2. The maximum atomic E-state index is 12.5. The molecular weight excluding hydrogens is 292 g/mol. The number of hydrogen-bond donors (Lipinski definition) is 1. The lowest BCUT2D eigenvalue weighted by Gasteiger charge is -2.19. The van der Waals surface area contributed by atoms with Crippen LogP contribution < -0.4 is 15.0 Å². The molecule has 5 heteroatoms. The summed E-state index contributed by atoms with van der Waals surface area (Å²) in [5.74, 6) is 2.18. The zero-order chi connectivity index (χ0) is 15.8. The van der Waals surface area contributed by atoms with Gasteiger partial charge in [0, 0.05) is 6.42 Å². The van der Waals surface area contributed by atoms with Crippen LogP contribution in [0, 0.1) is 0 Å². The van der Waals surface area contributed by atoms with E-state index in [1.165, 1.54) is 0 Å². The van der Waals surface area contributed by atoms with E-state index in [0.29, 0.717) is 29.4 Å². The minimum atomic E-state index is -0.189. The van der Waals surface area contributed by atoms with E-state index in [-0.39, 0.29) is 5.56 Å². The minimum absolute atomic E-state index is 0.189. The van der Waals surface area contributed by atoms with Gasteiger partial charge in [-0.05, 0) is 23.8 Å². The maximum Gasteiger partial charge on any atom is 0.258 e. The van der Waals surface area contributed by atoms with Gasteiger partial charge in [0.15, 0.2) is 0 Å². The average molecular weight is 306 g/mol. The number of nitrogens with one attached hydrogen (secondary N) is 1. The molecule has 0 saturated heterocycles. The molecule has 1 N–H and O–H groups in total. The molecule has 2 aromatic carbocycles. The van der Waals surface area contributed by atoms with E-state index in [1.54, 1.807) is 7.11 Å². The normalized spacial score (nSPS) is 12.0. The molecule has 23 heavy (non-hydrogen) atoms. The van der Waals surface area contributed by atoms with Crippen LogP contribution in [0.4, 0.5) is 0 Å². The Kier molecular flexibility index (Phi) is 3.12. The van der Waals surface area contributed by atoms with Crippen LogP contribution in [0.25, 0.3) is 11.4 Å². The standard InChI is InChI=1S/C18H14N2O3/c1-22-15-9-5-3-7-12(15)16-19-17(21)13-10-11-6-2-4-8-14(11)23-18(13)20-16/h2-9H,10H2,1H3,(H,19,20,21). The molecule has 0 aliphatic carbocycles. The van der Waals surface area contributed by atoms with Gasteiger partial charge in [0.2, 0.25) is 5.88 Å². The number of nitrogens with zero attached hydrogens (tertiary/aromatic N) is 1. The Balaban J connectivity index is 1.85. The molecule has 1 aliphatic rings. The van der Waals surface area contributed by atoms with Crippen LogP contribution in [0.5, 0.6) is 17.4 Å². The van der Waals surface area contributed by atoms with Crippen molar-refractivity contribution in [1.82, 2.24) is 9.97 Å². The minimum Gasteiger partial charge on any atom is -0.496 e. The van der Waals surface area contributed by atoms with E-state index in [0.717, 1.165) is 16.9 Å². The smallest absolute Gasteiger partial charge is 0.258 e. The predicted octanol–water partition coefficient (Wildman–Crippen LogP) is 3.14. The molecule has 0 fully saturated rings. The van der Waals surface area contributed by atoms with Gasteiger partial charge in [-0.1, -0.05) is 30.3 Å². The molecular formula is C18H14N2O3. The molecule has 5 nitrogen and oxygen atoms in total. The van der Waals surface area contributed by atoms with Crippen molar-refractivity contribution < 1.29 is 9.47 Å². The molecule has 0 saturated carbocycles. The fourth-order valence-electron chi connectivity index (χ4n) is 2.73. The summed E-state index contributed by atoms with van der Waals surface area (Å²) < 4.78 is 11.2.